The summed E-state index contributed by atoms with van der Waals surface area (Å²) in [4.78, 5) is 13.7. The van der Waals surface area contributed by atoms with E-state index in [-0.39, 0.29) is 11.9 Å². The number of rotatable bonds is 6. The van der Waals surface area contributed by atoms with Crippen LogP contribution in [-0.4, -0.2) is 49.6 Å². The van der Waals surface area contributed by atoms with Gasteiger partial charge in [0.15, 0.2) is 0 Å². The van der Waals surface area contributed by atoms with E-state index in [1.54, 1.807) is 0 Å². The molecule has 0 aromatic rings. The summed E-state index contributed by atoms with van der Waals surface area (Å²) in [7, 11) is 2.17. The average Bonchev–Trinajstić information content (AvgIpc) is 2.58. The Bertz CT molecular complexity index is 218. The van der Waals surface area contributed by atoms with Crippen LogP contribution in [0.4, 0.5) is 0 Å². The van der Waals surface area contributed by atoms with Crippen LogP contribution in [0.2, 0.25) is 0 Å². The number of likely N-dealkylation sites (N-methyl/N-ethyl adjacent to an activating group) is 1. The smallest absolute Gasteiger partial charge is 0.221 e. The highest BCUT2D eigenvalue weighted by atomic mass is 16.1. The normalized spacial score (nSPS) is 21.6. The molecule has 16 heavy (non-hydrogen) atoms. The molecule has 1 rings (SSSR count). The molecule has 0 radical (unpaired) electrons. The van der Waals surface area contributed by atoms with Crippen molar-refractivity contribution in [1.29, 1.82) is 0 Å². The summed E-state index contributed by atoms with van der Waals surface area (Å²) in [5, 5.41) is 6.25. The molecule has 0 saturated carbocycles. The third kappa shape index (κ3) is 4.94. The molecule has 0 spiro atoms. The highest BCUT2D eigenvalue weighted by Crippen LogP contribution is 2.13. The predicted octanol–water partition coefficient (Wildman–Crippen LogP) is 0.585. The Morgan fingerprint density at radius 3 is 2.81 bits per heavy atom. The first kappa shape index (κ1) is 13.5. The minimum atomic E-state index is 0.141. The molecule has 0 aliphatic carbocycles. The average molecular weight is 227 g/mol. The molecule has 0 bridgehead atoms. The molecule has 1 atom stereocenters. The second-order valence-corrected chi connectivity index (χ2v) is 4.95. The first-order valence-electron chi connectivity index (χ1n) is 6.30. The Balaban J connectivity index is 2.01. The van der Waals surface area contributed by atoms with E-state index in [0.717, 1.165) is 13.1 Å². The molecule has 1 saturated heterocycles. The monoisotopic (exact) mass is 227 g/mol. The zero-order valence-electron chi connectivity index (χ0n) is 10.8. The summed E-state index contributed by atoms with van der Waals surface area (Å²) in [5.41, 5.74) is 0. The van der Waals surface area contributed by atoms with E-state index in [1.165, 1.54) is 19.4 Å². The van der Waals surface area contributed by atoms with Crippen LogP contribution in [0.15, 0.2) is 0 Å². The zero-order valence-corrected chi connectivity index (χ0v) is 10.8. The molecule has 1 aliphatic rings. The van der Waals surface area contributed by atoms with Gasteiger partial charge < -0.3 is 15.5 Å². The zero-order chi connectivity index (χ0) is 12.0. The van der Waals surface area contributed by atoms with Gasteiger partial charge in [-0.05, 0) is 40.3 Å². The quantitative estimate of drug-likeness (QED) is 0.653. The summed E-state index contributed by atoms with van der Waals surface area (Å²) < 4.78 is 0. The number of carbonyl (C=O) groups excluding carboxylic acids is 1. The Morgan fingerprint density at radius 1 is 1.50 bits per heavy atom. The van der Waals surface area contributed by atoms with Gasteiger partial charge in [0.1, 0.15) is 0 Å². The standard InChI is InChI=1S/C12H25N3O/c1-10(2)14-12(16)6-7-13-9-11-5-4-8-15(11)3/h10-11,13H,4-9H2,1-3H3,(H,14,16). The summed E-state index contributed by atoms with van der Waals surface area (Å²) >= 11 is 0. The maximum Gasteiger partial charge on any atom is 0.221 e. The second-order valence-electron chi connectivity index (χ2n) is 4.95. The van der Waals surface area contributed by atoms with Gasteiger partial charge in [0.2, 0.25) is 5.91 Å². The summed E-state index contributed by atoms with van der Waals surface area (Å²) in [6, 6.07) is 0.904. The number of nitrogens with zero attached hydrogens (tertiary/aromatic N) is 1. The largest absolute Gasteiger partial charge is 0.354 e. The van der Waals surface area contributed by atoms with Crippen molar-refractivity contribution < 1.29 is 4.79 Å². The van der Waals surface area contributed by atoms with Gasteiger partial charge in [-0.1, -0.05) is 0 Å². The highest BCUT2D eigenvalue weighted by molar-refractivity contribution is 5.76. The first-order valence-corrected chi connectivity index (χ1v) is 6.30. The molecular weight excluding hydrogens is 202 g/mol. The van der Waals surface area contributed by atoms with Gasteiger partial charge in [0.05, 0.1) is 0 Å². The summed E-state index contributed by atoms with van der Waals surface area (Å²) in [5.74, 6) is 0.141. The van der Waals surface area contributed by atoms with Crippen LogP contribution in [-0.2, 0) is 4.79 Å². The summed E-state index contributed by atoms with van der Waals surface area (Å²) in [6.45, 7) is 6.96. The lowest BCUT2D eigenvalue weighted by Gasteiger charge is -2.19. The van der Waals surface area contributed by atoms with E-state index in [9.17, 15) is 4.79 Å². The maximum absolute atomic E-state index is 11.4. The molecule has 94 valence electrons. The van der Waals surface area contributed by atoms with E-state index < -0.39 is 0 Å². The molecule has 1 unspecified atom stereocenters. The SMILES string of the molecule is CC(C)NC(=O)CCNCC1CCCN1C. The molecule has 4 heteroatoms. The van der Waals surface area contributed by atoms with Crippen molar-refractivity contribution in [3.8, 4) is 0 Å². The van der Waals surface area contributed by atoms with Gasteiger partial charge in [0.25, 0.3) is 0 Å². The van der Waals surface area contributed by atoms with Gasteiger partial charge in [-0.2, -0.15) is 0 Å². The fourth-order valence-corrected chi connectivity index (χ4v) is 2.10. The van der Waals surface area contributed by atoms with Gasteiger partial charge in [-0.3, -0.25) is 4.79 Å². The van der Waals surface area contributed by atoms with E-state index in [2.05, 4.69) is 22.6 Å². The van der Waals surface area contributed by atoms with E-state index in [4.69, 9.17) is 0 Å². The number of carbonyl (C=O) groups is 1. The minimum absolute atomic E-state index is 0.141. The summed E-state index contributed by atoms with van der Waals surface area (Å²) in [6.07, 6.45) is 3.16. The van der Waals surface area contributed by atoms with Crippen LogP contribution in [0.25, 0.3) is 0 Å². The molecule has 4 nitrogen and oxygen atoms in total. The number of amides is 1. The fraction of sp³-hybridized carbons (Fsp3) is 0.917. The van der Waals surface area contributed by atoms with Crippen molar-refractivity contribution in [2.75, 3.05) is 26.7 Å². The van der Waals surface area contributed by atoms with Crippen molar-refractivity contribution in [2.45, 2.75) is 45.2 Å². The van der Waals surface area contributed by atoms with Crippen LogP contribution in [0.3, 0.4) is 0 Å². The Morgan fingerprint density at radius 2 is 2.25 bits per heavy atom. The molecule has 2 N–H and O–H groups in total. The van der Waals surface area contributed by atoms with Gasteiger partial charge >= 0.3 is 0 Å². The first-order chi connectivity index (χ1) is 7.59. The van der Waals surface area contributed by atoms with Gasteiger partial charge in [0, 0.05) is 31.6 Å². The molecule has 1 amide bonds. The van der Waals surface area contributed by atoms with Crippen LogP contribution >= 0.6 is 0 Å². The van der Waals surface area contributed by atoms with Crippen LogP contribution < -0.4 is 10.6 Å². The van der Waals surface area contributed by atoms with Crippen LogP contribution in [0.1, 0.15) is 33.1 Å². The molecule has 0 aromatic heterocycles. The molecule has 1 heterocycles. The molecule has 1 aliphatic heterocycles. The van der Waals surface area contributed by atoms with Crippen LogP contribution in [0, 0.1) is 0 Å². The lowest BCUT2D eigenvalue weighted by molar-refractivity contribution is -0.121. The fourth-order valence-electron chi connectivity index (χ4n) is 2.10. The molecule has 0 aromatic carbocycles. The van der Waals surface area contributed by atoms with E-state index in [1.807, 2.05) is 13.8 Å². The maximum atomic E-state index is 11.4. The van der Waals surface area contributed by atoms with Gasteiger partial charge in [-0.15, -0.1) is 0 Å². The topological polar surface area (TPSA) is 44.4 Å². The highest BCUT2D eigenvalue weighted by Gasteiger charge is 2.19. The van der Waals surface area contributed by atoms with Crippen molar-refractivity contribution in [3.05, 3.63) is 0 Å². The number of hydrogen-bond donors (Lipinski definition) is 2. The Kier molecular flexibility index (Phi) is 5.77. The number of likely N-dealkylation sites (tertiary alicyclic amines) is 1. The third-order valence-corrected chi connectivity index (χ3v) is 3.03. The van der Waals surface area contributed by atoms with E-state index >= 15 is 0 Å². The van der Waals surface area contributed by atoms with Crippen molar-refractivity contribution in [3.63, 3.8) is 0 Å². The Hall–Kier alpha value is -0.610. The minimum Gasteiger partial charge on any atom is -0.354 e. The van der Waals surface area contributed by atoms with Gasteiger partial charge in [-0.25, -0.2) is 0 Å². The van der Waals surface area contributed by atoms with Crippen LogP contribution in [0.5, 0.6) is 0 Å². The number of nitrogens with one attached hydrogen (secondary N) is 2. The van der Waals surface area contributed by atoms with Crippen molar-refractivity contribution in [1.82, 2.24) is 15.5 Å². The Labute approximate surface area is 98.8 Å². The lowest BCUT2D eigenvalue weighted by Crippen LogP contribution is -2.37. The lowest BCUT2D eigenvalue weighted by atomic mass is 10.2. The van der Waals surface area contributed by atoms with Crippen molar-refractivity contribution in [2.24, 2.45) is 0 Å². The third-order valence-electron chi connectivity index (χ3n) is 3.03. The van der Waals surface area contributed by atoms with Crippen molar-refractivity contribution >= 4 is 5.91 Å². The molecular formula is C12H25N3O. The second kappa shape index (κ2) is 6.86. The van der Waals surface area contributed by atoms with E-state index in [0.29, 0.717) is 12.5 Å². The number of hydrogen-bond acceptors (Lipinski definition) is 3. The molecule has 1 fully saturated rings. The predicted molar refractivity (Wildman–Crippen MR) is 66.4 cm³/mol.